The molecule has 0 spiro atoms. The Hall–Kier alpha value is -3.56. The van der Waals surface area contributed by atoms with Gasteiger partial charge in [-0.2, -0.15) is 0 Å². The molecule has 0 aromatic heterocycles. The fourth-order valence-electron chi connectivity index (χ4n) is 5.62. The minimum absolute atomic E-state index is 0.0125. The number of amides is 2. The molecule has 46 heavy (non-hydrogen) atoms. The molecule has 1 aliphatic rings. The lowest BCUT2D eigenvalue weighted by Crippen LogP contribution is -2.54. The summed E-state index contributed by atoms with van der Waals surface area (Å²) in [7, 11) is -4.30. The van der Waals surface area contributed by atoms with E-state index in [1.165, 1.54) is 29.2 Å². The highest BCUT2D eigenvalue weighted by molar-refractivity contribution is 7.92. The van der Waals surface area contributed by atoms with Crippen LogP contribution in [0.15, 0.2) is 108 Å². The molecule has 0 radical (unpaired) electrons. The van der Waals surface area contributed by atoms with Crippen molar-refractivity contribution >= 4 is 62.3 Å². The van der Waals surface area contributed by atoms with Crippen LogP contribution in [0.4, 0.5) is 5.69 Å². The predicted molar refractivity (Wildman–Crippen MR) is 184 cm³/mol. The third-order valence-corrected chi connectivity index (χ3v) is 10.6. The van der Waals surface area contributed by atoms with Gasteiger partial charge in [-0.05, 0) is 66.4 Å². The highest BCUT2D eigenvalue weighted by atomic mass is 35.5. The summed E-state index contributed by atoms with van der Waals surface area (Å²) in [5.74, 6) is -0.885. The zero-order valence-corrected chi connectivity index (χ0v) is 28.1. The fourth-order valence-corrected chi connectivity index (χ4v) is 7.63. The van der Waals surface area contributed by atoms with Crippen molar-refractivity contribution in [2.24, 2.45) is 0 Å². The van der Waals surface area contributed by atoms with E-state index >= 15 is 0 Å². The molecule has 1 N–H and O–H groups in total. The van der Waals surface area contributed by atoms with Crippen LogP contribution in [0.25, 0.3) is 0 Å². The summed E-state index contributed by atoms with van der Waals surface area (Å²) >= 11 is 19.0. The third kappa shape index (κ3) is 8.42. The van der Waals surface area contributed by atoms with E-state index in [4.69, 9.17) is 34.8 Å². The normalized spacial score (nSPS) is 14.1. The van der Waals surface area contributed by atoms with Crippen LogP contribution in [0.5, 0.6) is 0 Å². The number of carbonyl (C=O) groups is 2. The van der Waals surface area contributed by atoms with E-state index < -0.39 is 28.5 Å². The number of sulfonamides is 1. The number of carbonyl (C=O) groups excluding carboxylic acids is 2. The molecule has 5 rings (SSSR count). The Balaban J connectivity index is 1.58. The summed E-state index contributed by atoms with van der Waals surface area (Å²) in [6.45, 7) is -0.596. The van der Waals surface area contributed by atoms with Crippen molar-refractivity contribution in [2.75, 3.05) is 10.8 Å². The highest BCUT2D eigenvalue weighted by Crippen LogP contribution is 2.33. The Morgan fingerprint density at radius 1 is 0.783 bits per heavy atom. The Kier molecular flexibility index (Phi) is 11.3. The second kappa shape index (κ2) is 15.4. The minimum Gasteiger partial charge on any atom is -0.352 e. The van der Waals surface area contributed by atoms with Gasteiger partial charge in [-0.15, -0.1) is 0 Å². The lowest BCUT2D eigenvalue weighted by Gasteiger charge is -2.34. The largest absolute Gasteiger partial charge is 0.352 e. The van der Waals surface area contributed by atoms with Gasteiger partial charge in [0.25, 0.3) is 10.0 Å². The van der Waals surface area contributed by atoms with E-state index in [1.54, 1.807) is 48.5 Å². The Morgan fingerprint density at radius 2 is 1.39 bits per heavy atom. The first-order chi connectivity index (χ1) is 22.1. The van der Waals surface area contributed by atoms with Gasteiger partial charge in [-0.25, -0.2) is 8.42 Å². The number of nitrogens with one attached hydrogen (secondary N) is 1. The molecular weight excluding hydrogens is 665 g/mol. The molecule has 2 amide bonds. The molecule has 0 aliphatic heterocycles. The number of hydrogen-bond acceptors (Lipinski definition) is 4. The van der Waals surface area contributed by atoms with Gasteiger partial charge in [0.2, 0.25) is 11.8 Å². The molecule has 240 valence electrons. The first-order valence-electron chi connectivity index (χ1n) is 15.0. The van der Waals surface area contributed by atoms with Crippen LogP contribution in [0.3, 0.4) is 0 Å². The summed E-state index contributed by atoms with van der Waals surface area (Å²) in [5, 5.41) is 4.03. The maximum absolute atomic E-state index is 14.6. The molecule has 4 aromatic rings. The zero-order valence-electron chi connectivity index (χ0n) is 25.0. The molecule has 11 heteroatoms. The van der Waals surface area contributed by atoms with E-state index in [1.807, 2.05) is 30.3 Å². The van der Waals surface area contributed by atoms with Gasteiger partial charge in [0.15, 0.2) is 0 Å². The summed E-state index contributed by atoms with van der Waals surface area (Å²) < 4.78 is 29.2. The van der Waals surface area contributed by atoms with Crippen molar-refractivity contribution < 1.29 is 18.0 Å². The number of anilines is 1. The minimum atomic E-state index is -4.30. The van der Waals surface area contributed by atoms with Gasteiger partial charge in [0.1, 0.15) is 12.6 Å². The quantitative estimate of drug-likeness (QED) is 0.166. The van der Waals surface area contributed by atoms with Crippen molar-refractivity contribution in [2.45, 2.75) is 55.6 Å². The molecule has 0 heterocycles. The Morgan fingerprint density at radius 3 is 2.04 bits per heavy atom. The van der Waals surface area contributed by atoms with Crippen LogP contribution in [0.2, 0.25) is 15.1 Å². The standard InChI is InChI=1S/C35H34Cl3N3O4S/c36-27-17-15-26(16-18-27)23-40(33(21-25-9-3-1-4-10-25)35(43)39-29-11-7-8-12-29)34(42)24-41(32-22-28(37)19-20-31(32)38)46(44,45)30-13-5-2-6-14-30/h1-6,9-10,13-20,22,29,33H,7-8,11-12,21,23-24H2,(H,39,43). The van der Waals surface area contributed by atoms with E-state index in [9.17, 15) is 18.0 Å². The van der Waals surface area contributed by atoms with E-state index in [0.29, 0.717) is 5.02 Å². The van der Waals surface area contributed by atoms with Crippen molar-refractivity contribution in [1.29, 1.82) is 0 Å². The number of nitrogens with zero attached hydrogens (tertiary/aromatic N) is 2. The van der Waals surface area contributed by atoms with Gasteiger partial charge >= 0.3 is 0 Å². The predicted octanol–water partition coefficient (Wildman–Crippen LogP) is 7.54. The monoisotopic (exact) mass is 697 g/mol. The number of rotatable bonds is 12. The van der Waals surface area contributed by atoms with Crippen molar-refractivity contribution in [1.82, 2.24) is 10.2 Å². The molecule has 1 atom stereocenters. The van der Waals surface area contributed by atoms with Crippen LogP contribution >= 0.6 is 34.8 Å². The number of hydrogen-bond donors (Lipinski definition) is 1. The molecule has 0 bridgehead atoms. The summed E-state index contributed by atoms with van der Waals surface area (Å²) in [4.78, 5) is 30.1. The summed E-state index contributed by atoms with van der Waals surface area (Å²) in [6, 6.07) is 27.7. The molecule has 1 aliphatic carbocycles. The topological polar surface area (TPSA) is 86.8 Å². The Bertz CT molecular complexity index is 1750. The highest BCUT2D eigenvalue weighted by Gasteiger charge is 2.36. The van der Waals surface area contributed by atoms with Crippen molar-refractivity contribution in [3.8, 4) is 0 Å². The van der Waals surface area contributed by atoms with E-state index in [0.717, 1.165) is 41.1 Å². The first kappa shape index (κ1) is 33.8. The van der Waals surface area contributed by atoms with Crippen LogP contribution in [0.1, 0.15) is 36.8 Å². The Labute approximate surface area is 285 Å². The van der Waals surface area contributed by atoms with Crippen molar-refractivity contribution in [3.63, 3.8) is 0 Å². The summed E-state index contributed by atoms with van der Waals surface area (Å²) in [6.07, 6.45) is 4.00. The molecule has 1 unspecified atom stereocenters. The second-order valence-electron chi connectivity index (χ2n) is 11.3. The molecule has 1 fully saturated rings. The number of halogens is 3. The molecule has 4 aromatic carbocycles. The van der Waals surface area contributed by atoms with Crippen LogP contribution in [0, 0.1) is 0 Å². The summed E-state index contributed by atoms with van der Waals surface area (Å²) in [5.41, 5.74) is 1.63. The van der Waals surface area contributed by atoms with Crippen LogP contribution in [-0.2, 0) is 32.6 Å². The SMILES string of the molecule is O=C(NC1CCCC1)C(Cc1ccccc1)N(Cc1ccc(Cl)cc1)C(=O)CN(c1cc(Cl)ccc1Cl)S(=O)(=O)c1ccccc1. The smallest absolute Gasteiger partial charge is 0.264 e. The molecular formula is C35H34Cl3N3O4S. The van der Waals surface area contributed by atoms with Gasteiger partial charge in [0, 0.05) is 29.1 Å². The average Bonchev–Trinajstić information content (AvgIpc) is 3.57. The average molecular weight is 699 g/mol. The van der Waals surface area contributed by atoms with Crippen LogP contribution < -0.4 is 9.62 Å². The van der Waals surface area contributed by atoms with Gasteiger partial charge < -0.3 is 10.2 Å². The fraction of sp³-hybridized carbons (Fsp3) is 0.257. The molecule has 0 saturated heterocycles. The molecule has 7 nitrogen and oxygen atoms in total. The lowest BCUT2D eigenvalue weighted by molar-refractivity contribution is -0.140. The lowest BCUT2D eigenvalue weighted by atomic mass is 10.0. The van der Waals surface area contributed by atoms with E-state index in [-0.39, 0.29) is 45.5 Å². The first-order valence-corrected chi connectivity index (χ1v) is 17.6. The maximum atomic E-state index is 14.6. The second-order valence-corrected chi connectivity index (χ2v) is 14.4. The van der Waals surface area contributed by atoms with Gasteiger partial charge in [-0.3, -0.25) is 13.9 Å². The van der Waals surface area contributed by atoms with Gasteiger partial charge in [0.05, 0.1) is 15.6 Å². The molecule has 1 saturated carbocycles. The third-order valence-electron chi connectivity index (χ3n) is 8.03. The van der Waals surface area contributed by atoms with Crippen molar-refractivity contribution in [3.05, 3.63) is 129 Å². The van der Waals surface area contributed by atoms with Gasteiger partial charge in [-0.1, -0.05) is 108 Å². The van der Waals surface area contributed by atoms with E-state index in [2.05, 4.69) is 5.32 Å². The maximum Gasteiger partial charge on any atom is 0.264 e. The van der Waals surface area contributed by atoms with Crippen LogP contribution in [-0.4, -0.2) is 43.8 Å². The zero-order chi connectivity index (χ0) is 32.7. The number of benzene rings is 4.